The molecule has 178 valence electrons. The van der Waals surface area contributed by atoms with E-state index < -0.39 is 18.4 Å². The molecular formula is C24H23ClN2O7. The maximum absolute atomic E-state index is 11.0. The van der Waals surface area contributed by atoms with Crippen LogP contribution in [0.1, 0.15) is 11.7 Å². The zero-order chi connectivity index (χ0) is 24.5. The normalized spacial score (nSPS) is 11.5. The fraction of sp³-hybridized carbons (Fsp3) is 0.167. The summed E-state index contributed by atoms with van der Waals surface area (Å²) in [5.74, 6) is -0.452. The SMILES string of the molecule is O=C(O)Oc1ccc(-c2cccc(NCCNC[C@H](O)c3cccc(Cl)c3)c2)cc1OC(=O)O. The first kappa shape index (κ1) is 24.8. The number of aliphatic hydroxyl groups excluding tert-OH is 1. The van der Waals surface area contributed by atoms with Gasteiger partial charge in [0.05, 0.1) is 6.10 Å². The standard InChI is InChI=1S/C24H23ClN2O7/c25-18-5-1-4-17(11-18)20(28)14-26-9-10-27-19-6-2-3-15(12-19)16-7-8-21(33-23(29)30)22(13-16)34-24(31)32/h1-8,11-13,20,26-28H,9-10,14H2,(H,29,30)(H,31,32)/t20-/m0/s1. The van der Waals surface area contributed by atoms with Crippen LogP contribution >= 0.6 is 11.6 Å². The van der Waals surface area contributed by atoms with Crippen LogP contribution in [0.3, 0.4) is 0 Å². The molecule has 0 saturated heterocycles. The molecule has 0 heterocycles. The zero-order valence-corrected chi connectivity index (χ0v) is 18.7. The van der Waals surface area contributed by atoms with E-state index in [0.717, 1.165) is 16.8 Å². The summed E-state index contributed by atoms with van der Waals surface area (Å²) in [4.78, 5) is 21.8. The fourth-order valence-corrected chi connectivity index (χ4v) is 3.41. The Balaban J connectivity index is 1.58. The van der Waals surface area contributed by atoms with Crippen LogP contribution in [-0.4, -0.2) is 47.3 Å². The molecule has 0 aliphatic heterocycles. The van der Waals surface area contributed by atoms with Gasteiger partial charge in [-0.1, -0.05) is 41.9 Å². The number of hydrogen-bond acceptors (Lipinski definition) is 7. The Kier molecular flexibility index (Phi) is 8.69. The van der Waals surface area contributed by atoms with Crippen molar-refractivity contribution in [1.82, 2.24) is 5.32 Å². The number of anilines is 1. The summed E-state index contributed by atoms with van der Waals surface area (Å²) in [5, 5.41) is 35.0. The average Bonchev–Trinajstić information content (AvgIpc) is 2.79. The van der Waals surface area contributed by atoms with Gasteiger partial charge in [0.15, 0.2) is 11.5 Å². The summed E-state index contributed by atoms with van der Waals surface area (Å²) < 4.78 is 9.24. The molecule has 5 N–H and O–H groups in total. The molecule has 1 atom stereocenters. The van der Waals surface area contributed by atoms with Crippen molar-refractivity contribution in [2.24, 2.45) is 0 Å². The number of nitrogens with one attached hydrogen (secondary N) is 2. The van der Waals surface area contributed by atoms with E-state index in [1.165, 1.54) is 12.1 Å². The molecular weight excluding hydrogens is 464 g/mol. The molecule has 0 aromatic heterocycles. The molecule has 34 heavy (non-hydrogen) atoms. The summed E-state index contributed by atoms with van der Waals surface area (Å²) >= 11 is 5.95. The molecule has 10 heteroatoms. The van der Waals surface area contributed by atoms with E-state index in [1.807, 2.05) is 30.3 Å². The van der Waals surface area contributed by atoms with Crippen LogP contribution in [0.5, 0.6) is 11.5 Å². The Labute approximate surface area is 200 Å². The van der Waals surface area contributed by atoms with Crippen molar-refractivity contribution in [3.63, 3.8) is 0 Å². The predicted octanol–water partition coefficient (Wildman–Crippen LogP) is 4.86. The summed E-state index contributed by atoms with van der Waals surface area (Å²) in [7, 11) is 0. The Hall–Kier alpha value is -3.79. The van der Waals surface area contributed by atoms with Gasteiger partial charge in [0.25, 0.3) is 0 Å². The van der Waals surface area contributed by atoms with Crippen LogP contribution < -0.4 is 20.1 Å². The lowest BCUT2D eigenvalue weighted by Gasteiger charge is -2.14. The third-order valence-corrected chi connectivity index (χ3v) is 4.97. The van der Waals surface area contributed by atoms with Gasteiger partial charge in [-0.3, -0.25) is 0 Å². The largest absolute Gasteiger partial charge is 0.511 e. The molecule has 0 spiro atoms. The van der Waals surface area contributed by atoms with Gasteiger partial charge in [0.2, 0.25) is 0 Å². The Bertz CT molecular complexity index is 1160. The Morgan fingerprint density at radius 3 is 2.29 bits per heavy atom. The van der Waals surface area contributed by atoms with Gasteiger partial charge in [-0.25, -0.2) is 9.59 Å². The number of aliphatic hydroxyl groups is 1. The van der Waals surface area contributed by atoms with Crippen LogP contribution in [0.2, 0.25) is 5.02 Å². The minimum absolute atomic E-state index is 0.223. The number of ether oxygens (including phenoxy) is 2. The lowest BCUT2D eigenvalue weighted by atomic mass is 10.0. The topological polar surface area (TPSA) is 137 Å². The van der Waals surface area contributed by atoms with E-state index in [9.17, 15) is 14.7 Å². The van der Waals surface area contributed by atoms with Gasteiger partial charge in [-0.15, -0.1) is 0 Å². The summed E-state index contributed by atoms with van der Waals surface area (Å²) in [6.45, 7) is 1.56. The number of rotatable bonds is 10. The molecule has 0 radical (unpaired) electrons. The van der Waals surface area contributed by atoms with Crippen LogP contribution in [-0.2, 0) is 0 Å². The summed E-state index contributed by atoms with van der Waals surface area (Å²) in [6.07, 6.45) is -3.84. The van der Waals surface area contributed by atoms with Crippen LogP contribution in [0.15, 0.2) is 66.7 Å². The second-order valence-corrected chi connectivity index (χ2v) is 7.62. The molecule has 0 saturated carbocycles. The molecule has 3 aromatic rings. The molecule has 9 nitrogen and oxygen atoms in total. The quantitative estimate of drug-likeness (QED) is 0.154. The fourth-order valence-electron chi connectivity index (χ4n) is 3.21. The van der Waals surface area contributed by atoms with E-state index in [4.69, 9.17) is 21.8 Å². The zero-order valence-electron chi connectivity index (χ0n) is 17.9. The Morgan fingerprint density at radius 1 is 0.853 bits per heavy atom. The van der Waals surface area contributed by atoms with E-state index in [1.54, 1.807) is 24.3 Å². The van der Waals surface area contributed by atoms with Gasteiger partial charge in [-0.05, 0) is 53.1 Å². The van der Waals surface area contributed by atoms with Crippen LogP contribution in [0.25, 0.3) is 11.1 Å². The maximum atomic E-state index is 11.0. The lowest BCUT2D eigenvalue weighted by molar-refractivity contribution is 0.132. The lowest BCUT2D eigenvalue weighted by Crippen LogP contribution is -2.26. The van der Waals surface area contributed by atoms with E-state index >= 15 is 0 Å². The molecule has 3 rings (SSSR count). The second kappa shape index (κ2) is 11.9. The van der Waals surface area contributed by atoms with Crippen molar-refractivity contribution < 1.29 is 34.4 Å². The van der Waals surface area contributed by atoms with Gasteiger partial charge >= 0.3 is 12.3 Å². The monoisotopic (exact) mass is 486 g/mol. The number of hydrogen-bond donors (Lipinski definition) is 5. The molecule has 0 bridgehead atoms. The average molecular weight is 487 g/mol. The highest BCUT2D eigenvalue weighted by Gasteiger charge is 2.14. The molecule has 0 unspecified atom stereocenters. The van der Waals surface area contributed by atoms with Crippen LogP contribution in [0, 0.1) is 0 Å². The van der Waals surface area contributed by atoms with Crippen molar-refractivity contribution in [2.45, 2.75) is 6.10 Å². The van der Waals surface area contributed by atoms with Gasteiger partial charge < -0.3 is 35.4 Å². The van der Waals surface area contributed by atoms with Crippen LogP contribution in [0.4, 0.5) is 15.3 Å². The minimum Gasteiger partial charge on any atom is -0.449 e. The van der Waals surface area contributed by atoms with Crippen molar-refractivity contribution in [1.29, 1.82) is 0 Å². The first-order valence-electron chi connectivity index (χ1n) is 10.3. The van der Waals surface area contributed by atoms with Crippen molar-refractivity contribution in [3.8, 4) is 22.6 Å². The third kappa shape index (κ3) is 7.38. The van der Waals surface area contributed by atoms with Gasteiger partial charge in [-0.2, -0.15) is 0 Å². The smallest absolute Gasteiger partial charge is 0.449 e. The maximum Gasteiger partial charge on any atom is 0.511 e. The summed E-state index contributed by atoms with van der Waals surface area (Å²) in [5.41, 5.74) is 2.93. The highest BCUT2D eigenvalue weighted by Crippen LogP contribution is 2.34. The molecule has 0 aliphatic rings. The summed E-state index contributed by atoms with van der Waals surface area (Å²) in [6, 6.07) is 18.8. The minimum atomic E-state index is -1.59. The molecule has 0 fully saturated rings. The van der Waals surface area contributed by atoms with Crippen molar-refractivity contribution in [2.75, 3.05) is 25.0 Å². The molecule has 0 amide bonds. The second-order valence-electron chi connectivity index (χ2n) is 7.18. The van der Waals surface area contributed by atoms with E-state index in [0.29, 0.717) is 30.2 Å². The highest BCUT2D eigenvalue weighted by molar-refractivity contribution is 6.30. The number of benzene rings is 3. The first-order valence-corrected chi connectivity index (χ1v) is 10.6. The van der Waals surface area contributed by atoms with Crippen molar-refractivity contribution >= 4 is 29.6 Å². The predicted molar refractivity (Wildman–Crippen MR) is 127 cm³/mol. The molecule has 3 aromatic carbocycles. The van der Waals surface area contributed by atoms with E-state index in [-0.39, 0.29) is 11.5 Å². The third-order valence-electron chi connectivity index (χ3n) is 4.74. The van der Waals surface area contributed by atoms with E-state index in [2.05, 4.69) is 20.1 Å². The first-order chi connectivity index (χ1) is 16.3. The van der Waals surface area contributed by atoms with Gasteiger partial charge in [0, 0.05) is 30.3 Å². The van der Waals surface area contributed by atoms with Gasteiger partial charge in [0.1, 0.15) is 0 Å². The highest BCUT2D eigenvalue weighted by atomic mass is 35.5. The number of carbonyl (C=O) groups is 2. The Morgan fingerprint density at radius 2 is 1.56 bits per heavy atom. The number of carboxylic acid groups (broad SMARTS) is 2. The number of halogens is 1. The van der Waals surface area contributed by atoms with Crippen molar-refractivity contribution in [3.05, 3.63) is 77.3 Å². The molecule has 0 aliphatic carbocycles.